The summed E-state index contributed by atoms with van der Waals surface area (Å²) in [5.41, 5.74) is 12.7. The van der Waals surface area contributed by atoms with Crippen LogP contribution in [0, 0.1) is 0 Å². The number of pyridine rings is 4. The maximum absolute atomic E-state index is 10.7. The van der Waals surface area contributed by atoms with Crippen LogP contribution < -0.4 is 11.5 Å². The molecular weight excluding hydrogens is 777 g/mol. The number of carbonyl (C=O) groups excluding carboxylic acids is 2. The Morgan fingerprint density at radius 3 is 0.867 bits per heavy atom. The Hall–Kier alpha value is -3.78. The zero-order chi connectivity index (χ0) is 34.4. The van der Waals surface area contributed by atoms with Gasteiger partial charge in [0.1, 0.15) is 0 Å². The summed E-state index contributed by atoms with van der Waals surface area (Å²) in [5, 5.41) is 0. The summed E-state index contributed by atoms with van der Waals surface area (Å²) in [6.45, 7) is 0. The van der Waals surface area contributed by atoms with Crippen LogP contribution in [0.15, 0.2) is 97.8 Å². The molecule has 0 unspecified atom stereocenters. The molecule has 0 spiro atoms. The number of nitrogens with zero attached hydrogens (tertiary/aromatic N) is 4. The fourth-order valence-corrected chi connectivity index (χ4v) is 2.06. The summed E-state index contributed by atoms with van der Waals surface area (Å²) in [6, 6.07) is 17.9. The molecule has 0 radical (unpaired) electrons. The largest absolute Gasteiger partial charge is 2.00 e. The van der Waals surface area contributed by atoms with Gasteiger partial charge in [0.25, 0.3) is 0 Å². The first-order chi connectivity index (χ1) is 19.5. The number of primary amides is 2. The van der Waals surface area contributed by atoms with Gasteiger partial charge in [-0.25, -0.2) is 0 Å². The minimum Gasteiger partial charge on any atom is -0.366 e. The summed E-state index contributed by atoms with van der Waals surface area (Å²) < 4.78 is 118. The minimum absolute atomic E-state index is 0. The molecule has 0 aliphatic carbocycles. The Balaban J connectivity index is 0. The van der Waals surface area contributed by atoms with Crippen LogP contribution in [-0.2, 0) is 20.4 Å². The average Bonchev–Trinajstić information content (AvgIpc) is 2.88. The van der Waals surface area contributed by atoms with Crippen molar-refractivity contribution in [3.05, 3.63) is 109 Å². The van der Waals surface area contributed by atoms with Gasteiger partial charge >= 0.3 is 86.4 Å². The summed E-state index contributed by atoms with van der Waals surface area (Å²) in [5.74, 6) is -0.838. The van der Waals surface area contributed by atoms with E-state index in [1.54, 1.807) is 36.7 Å². The van der Waals surface area contributed by atoms with Gasteiger partial charge in [-0.15, -0.1) is 0 Å². The van der Waals surface area contributed by atoms with Crippen LogP contribution in [0.1, 0.15) is 20.7 Å². The second-order valence-electron chi connectivity index (χ2n) is 7.55. The van der Waals surface area contributed by atoms with Crippen LogP contribution in [0.3, 0.4) is 0 Å². The predicted octanol–water partition coefficient (Wildman–Crippen LogP) is 9.27. The zero-order valence-electron chi connectivity index (χ0n) is 21.7. The zero-order valence-corrected chi connectivity index (χ0v) is 25.1. The smallest absolute Gasteiger partial charge is 0.366 e. The molecule has 4 aromatic heterocycles. The first kappa shape index (κ1) is 43.4. The molecule has 254 valence electrons. The number of nitrogens with two attached hydrogens (primary N) is 2. The van der Waals surface area contributed by atoms with Gasteiger partial charge in [-0.2, -0.15) is 0 Å². The molecule has 0 fully saturated rings. The van der Waals surface area contributed by atoms with E-state index >= 15 is 0 Å². The van der Waals surface area contributed by atoms with Crippen molar-refractivity contribution in [2.45, 2.75) is 0 Å². The van der Waals surface area contributed by atoms with Gasteiger partial charge in [0.2, 0.25) is 11.8 Å². The summed E-state index contributed by atoms with van der Waals surface area (Å²) in [4.78, 5) is 36.6. The van der Waals surface area contributed by atoms with Gasteiger partial charge in [0.15, 0.2) is 0 Å². The standard InChI is InChI=1S/C10H8N2.2C6H6N2O.2F6P.Pd/c1-3-7-11-9(5-1)10-6-2-4-8-12-10;2*7-6(9)5-1-3-8-4-2-5;2*1-7(2,3,4,5)6;/h1-8H;2*1-4H,(H2,7,9);;;/q;;;2*-1;+2. The van der Waals surface area contributed by atoms with E-state index in [2.05, 4.69) is 19.9 Å². The summed E-state index contributed by atoms with van der Waals surface area (Å²) >= 11 is 0. The second kappa shape index (κ2) is 15.0. The van der Waals surface area contributed by atoms with Gasteiger partial charge in [-0.1, -0.05) is 12.1 Å². The number of rotatable bonds is 3. The number of aromatic nitrogens is 4. The molecule has 4 N–H and O–H groups in total. The molecule has 8 nitrogen and oxygen atoms in total. The van der Waals surface area contributed by atoms with E-state index in [4.69, 9.17) is 11.5 Å². The normalized spacial score (nSPS) is 13.3. The number of hydrogen-bond acceptors (Lipinski definition) is 6. The first-order valence-electron chi connectivity index (χ1n) is 10.8. The van der Waals surface area contributed by atoms with E-state index in [-0.39, 0.29) is 20.4 Å². The van der Waals surface area contributed by atoms with Crippen molar-refractivity contribution in [2.75, 3.05) is 0 Å². The van der Waals surface area contributed by atoms with E-state index in [9.17, 15) is 60.0 Å². The SMILES string of the molecule is F[P-](F)(F)(F)(F)F.F[P-](F)(F)(F)(F)F.NC(=O)c1ccncc1.NC(=O)c1ccncc1.[Pd+2].c1ccc(-c2ccccn2)nc1. The van der Waals surface area contributed by atoms with Gasteiger partial charge in [-0.05, 0) is 48.5 Å². The fraction of sp³-hybridized carbons (Fsp3) is 0. The van der Waals surface area contributed by atoms with E-state index in [0.29, 0.717) is 11.1 Å². The predicted molar refractivity (Wildman–Crippen MR) is 140 cm³/mol. The van der Waals surface area contributed by atoms with Crippen LogP contribution in [-0.4, -0.2) is 31.8 Å². The molecule has 0 aromatic carbocycles. The third-order valence-corrected chi connectivity index (χ3v) is 3.52. The molecule has 0 saturated heterocycles. The van der Waals surface area contributed by atoms with Crippen molar-refractivity contribution >= 4 is 27.4 Å². The maximum Gasteiger partial charge on any atom is 2.00 e. The molecule has 23 heteroatoms. The molecule has 2 amide bonds. The van der Waals surface area contributed by atoms with Crippen LogP contribution in [0.5, 0.6) is 0 Å². The molecule has 4 heterocycles. The van der Waals surface area contributed by atoms with Crippen molar-refractivity contribution < 1.29 is 80.4 Å². The minimum atomic E-state index is -10.7. The van der Waals surface area contributed by atoms with Gasteiger partial charge < -0.3 is 11.5 Å². The summed E-state index contributed by atoms with van der Waals surface area (Å²) in [6.07, 6.45) is 9.65. The quantitative estimate of drug-likeness (QED) is 0.121. The molecule has 45 heavy (non-hydrogen) atoms. The van der Waals surface area contributed by atoms with Crippen molar-refractivity contribution in [1.29, 1.82) is 0 Å². The van der Waals surface area contributed by atoms with Crippen LogP contribution >= 0.6 is 15.6 Å². The Morgan fingerprint density at radius 2 is 0.711 bits per heavy atom. The van der Waals surface area contributed by atoms with Crippen LogP contribution in [0.2, 0.25) is 0 Å². The molecule has 0 atom stereocenters. The van der Waals surface area contributed by atoms with E-state index in [0.717, 1.165) is 11.4 Å². The Morgan fingerprint density at radius 1 is 0.467 bits per heavy atom. The third kappa shape index (κ3) is 36.3. The number of amides is 2. The van der Waals surface area contributed by atoms with E-state index < -0.39 is 27.4 Å². The first-order valence-corrected chi connectivity index (χ1v) is 14.9. The molecule has 4 rings (SSSR count). The molecule has 0 saturated carbocycles. The number of carbonyl (C=O) groups is 2. The molecular formula is C22H20F12N6O2P2Pd. The Bertz CT molecular complexity index is 1340. The molecule has 0 aliphatic rings. The average molecular weight is 797 g/mol. The van der Waals surface area contributed by atoms with Crippen molar-refractivity contribution in [3.8, 4) is 11.4 Å². The summed E-state index contributed by atoms with van der Waals surface area (Å²) in [7, 11) is -21.3. The van der Waals surface area contributed by atoms with Gasteiger partial charge in [0.05, 0.1) is 11.4 Å². The van der Waals surface area contributed by atoms with Crippen molar-refractivity contribution in [3.63, 3.8) is 0 Å². The molecule has 0 aliphatic heterocycles. The monoisotopic (exact) mass is 796 g/mol. The number of halogens is 12. The van der Waals surface area contributed by atoms with Crippen molar-refractivity contribution in [2.24, 2.45) is 11.5 Å². The van der Waals surface area contributed by atoms with Crippen LogP contribution in [0.4, 0.5) is 50.4 Å². The van der Waals surface area contributed by atoms with Gasteiger partial charge in [0, 0.05) is 48.3 Å². The van der Waals surface area contributed by atoms with Crippen LogP contribution in [0.25, 0.3) is 11.4 Å². The van der Waals surface area contributed by atoms with E-state index in [1.807, 2.05) is 36.4 Å². The van der Waals surface area contributed by atoms with E-state index in [1.165, 1.54) is 24.8 Å². The van der Waals surface area contributed by atoms with Gasteiger partial charge in [-0.3, -0.25) is 29.5 Å². The maximum atomic E-state index is 10.4. The Labute approximate surface area is 259 Å². The number of hydrogen-bond donors (Lipinski definition) is 2. The second-order valence-corrected chi connectivity index (χ2v) is 11.4. The fourth-order valence-electron chi connectivity index (χ4n) is 2.06. The topological polar surface area (TPSA) is 138 Å². The molecule has 0 bridgehead atoms. The third-order valence-electron chi connectivity index (χ3n) is 3.52. The van der Waals surface area contributed by atoms with Crippen molar-refractivity contribution in [1.82, 2.24) is 19.9 Å². The molecule has 4 aromatic rings. The Kier molecular flexibility index (Phi) is 14.5.